The van der Waals surface area contributed by atoms with Gasteiger partial charge in [0.2, 0.25) is 0 Å². The van der Waals surface area contributed by atoms with Crippen molar-refractivity contribution in [2.75, 3.05) is 7.11 Å². The standard InChI is InChI=1S/C13H15NO3/c1-10(2)12(15)14(13(16)17-3)9-11-7-5-4-6-8-11/h4-8H,1,9H2,2-3H3. The van der Waals surface area contributed by atoms with Crippen LogP contribution in [0.3, 0.4) is 0 Å². The Labute approximate surface area is 100 Å². The van der Waals surface area contributed by atoms with Crippen molar-refractivity contribution in [3.8, 4) is 0 Å². The van der Waals surface area contributed by atoms with Crippen LogP contribution < -0.4 is 0 Å². The third-order valence-electron chi connectivity index (χ3n) is 2.19. The van der Waals surface area contributed by atoms with Crippen LogP contribution in [0.25, 0.3) is 0 Å². The molecule has 0 saturated carbocycles. The number of ether oxygens (including phenoxy) is 1. The van der Waals surface area contributed by atoms with Gasteiger partial charge in [-0.15, -0.1) is 0 Å². The van der Waals surface area contributed by atoms with Crippen LogP contribution in [0.4, 0.5) is 4.79 Å². The molecule has 0 radical (unpaired) electrons. The first-order chi connectivity index (χ1) is 8.06. The highest BCUT2D eigenvalue weighted by molar-refractivity contribution is 6.01. The van der Waals surface area contributed by atoms with E-state index in [1.807, 2.05) is 30.3 Å². The van der Waals surface area contributed by atoms with Gasteiger partial charge in [0, 0.05) is 5.57 Å². The van der Waals surface area contributed by atoms with Crippen molar-refractivity contribution in [2.24, 2.45) is 0 Å². The average molecular weight is 233 g/mol. The van der Waals surface area contributed by atoms with E-state index in [4.69, 9.17) is 0 Å². The highest BCUT2D eigenvalue weighted by atomic mass is 16.5. The second-order valence-electron chi connectivity index (χ2n) is 3.63. The number of carbonyl (C=O) groups excluding carboxylic acids is 2. The third-order valence-corrected chi connectivity index (χ3v) is 2.19. The molecule has 0 saturated heterocycles. The SMILES string of the molecule is C=C(C)C(=O)N(Cc1ccccc1)C(=O)OC. The van der Waals surface area contributed by atoms with Crippen molar-refractivity contribution < 1.29 is 14.3 Å². The van der Waals surface area contributed by atoms with Crippen molar-refractivity contribution >= 4 is 12.0 Å². The maximum atomic E-state index is 11.8. The molecule has 0 heterocycles. The van der Waals surface area contributed by atoms with Crippen LogP contribution in [0, 0.1) is 0 Å². The molecule has 2 amide bonds. The Morgan fingerprint density at radius 3 is 2.35 bits per heavy atom. The first kappa shape index (κ1) is 13.0. The Bertz CT molecular complexity index is 426. The lowest BCUT2D eigenvalue weighted by Crippen LogP contribution is -2.36. The number of hydrogen-bond donors (Lipinski definition) is 0. The van der Waals surface area contributed by atoms with E-state index >= 15 is 0 Å². The fourth-order valence-electron chi connectivity index (χ4n) is 1.33. The van der Waals surface area contributed by atoms with Gasteiger partial charge in [-0.05, 0) is 12.5 Å². The lowest BCUT2D eigenvalue weighted by molar-refractivity contribution is -0.125. The summed E-state index contributed by atoms with van der Waals surface area (Å²) in [5, 5.41) is 0. The number of amides is 2. The smallest absolute Gasteiger partial charge is 0.416 e. The van der Waals surface area contributed by atoms with E-state index in [0.717, 1.165) is 10.5 Å². The van der Waals surface area contributed by atoms with E-state index < -0.39 is 12.0 Å². The normalized spacial score (nSPS) is 9.53. The lowest BCUT2D eigenvalue weighted by atomic mass is 10.2. The summed E-state index contributed by atoms with van der Waals surface area (Å²) in [6.45, 7) is 5.27. The van der Waals surface area contributed by atoms with Gasteiger partial charge in [0.15, 0.2) is 0 Å². The molecule has 4 nitrogen and oxygen atoms in total. The monoisotopic (exact) mass is 233 g/mol. The van der Waals surface area contributed by atoms with Gasteiger partial charge in [0.1, 0.15) is 0 Å². The molecular weight excluding hydrogens is 218 g/mol. The second-order valence-corrected chi connectivity index (χ2v) is 3.63. The predicted octanol–water partition coefficient (Wildman–Crippen LogP) is 2.36. The number of carbonyl (C=O) groups is 2. The molecule has 0 spiro atoms. The lowest BCUT2D eigenvalue weighted by Gasteiger charge is -2.19. The summed E-state index contributed by atoms with van der Waals surface area (Å²) in [4.78, 5) is 24.3. The number of nitrogens with zero attached hydrogens (tertiary/aromatic N) is 1. The molecule has 0 aliphatic carbocycles. The first-order valence-electron chi connectivity index (χ1n) is 5.15. The van der Waals surface area contributed by atoms with E-state index in [9.17, 15) is 9.59 Å². The van der Waals surface area contributed by atoms with Gasteiger partial charge in [0.05, 0.1) is 13.7 Å². The van der Waals surface area contributed by atoms with Gasteiger partial charge in [-0.2, -0.15) is 0 Å². The summed E-state index contributed by atoms with van der Waals surface area (Å²) in [6, 6.07) is 9.22. The molecule has 1 aromatic rings. The Kier molecular flexibility index (Phi) is 4.46. The molecule has 1 aromatic carbocycles. The zero-order valence-electron chi connectivity index (χ0n) is 9.97. The van der Waals surface area contributed by atoms with Crippen LogP contribution in [0.2, 0.25) is 0 Å². The third kappa shape index (κ3) is 3.45. The summed E-state index contributed by atoms with van der Waals surface area (Å²) in [5.41, 5.74) is 1.15. The zero-order chi connectivity index (χ0) is 12.8. The number of benzene rings is 1. The van der Waals surface area contributed by atoms with Crippen LogP contribution in [0.1, 0.15) is 12.5 Å². The Balaban J connectivity index is 2.89. The maximum Gasteiger partial charge on any atom is 0.416 e. The van der Waals surface area contributed by atoms with Gasteiger partial charge in [0.25, 0.3) is 5.91 Å². The van der Waals surface area contributed by atoms with Crippen molar-refractivity contribution in [2.45, 2.75) is 13.5 Å². The quantitative estimate of drug-likeness (QED) is 0.753. The molecule has 0 fully saturated rings. The molecule has 0 bridgehead atoms. The summed E-state index contributed by atoms with van der Waals surface area (Å²) < 4.78 is 4.58. The van der Waals surface area contributed by atoms with E-state index in [1.165, 1.54) is 7.11 Å². The van der Waals surface area contributed by atoms with Gasteiger partial charge in [-0.3, -0.25) is 4.79 Å². The minimum absolute atomic E-state index is 0.180. The molecule has 0 unspecified atom stereocenters. The second kappa shape index (κ2) is 5.84. The van der Waals surface area contributed by atoms with Crippen LogP contribution in [-0.4, -0.2) is 24.0 Å². The number of methoxy groups -OCH3 is 1. The van der Waals surface area contributed by atoms with Crippen LogP contribution >= 0.6 is 0 Å². The minimum atomic E-state index is -0.679. The molecule has 90 valence electrons. The van der Waals surface area contributed by atoms with Crippen LogP contribution in [0.15, 0.2) is 42.5 Å². The molecule has 0 N–H and O–H groups in total. The first-order valence-corrected chi connectivity index (χ1v) is 5.15. The van der Waals surface area contributed by atoms with Crippen molar-refractivity contribution in [1.82, 2.24) is 4.90 Å². The largest absolute Gasteiger partial charge is 0.452 e. The Hall–Kier alpha value is -2.10. The predicted molar refractivity (Wildman–Crippen MR) is 64.2 cm³/mol. The van der Waals surface area contributed by atoms with E-state index in [1.54, 1.807) is 6.92 Å². The van der Waals surface area contributed by atoms with Gasteiger partial charge < -0.3 is 4.74 Å². The zero-order valence-corrected chi connectivity index (χ0v) is 9.97. The van der Waals surface area contributed by atoms with E-state index in [0.29, 0.717) is 5.57 Å². The highest BCUT2D eigenvalue weighted by Gasteiger charge is 2.22. The number of rotatable bonds is 3. The van der Waals surface area contributed by atoms with E-state index in [-0.39, 0.29) is 6.54 Å². The average Bonchev–Trinajstić information content (AvgIpc) is 2.35. The molecule has 0 aliphatic heterocycles. The Morgan fingerprint density at radius 1 is 1.29 bits per heavy atom. The van der Waals surface area contributed by atoms with Crippen LogP contribution in [-0.2, 0) is 16.1 Å². The molecular formula is C13H15NO3. The van der Waals surface area contributed by atoms with Crippen molar-refractivity contribution in [1.29, 1.82) is 0 Å². The summed E-state index contributed by atoms with van der Waals surface area (Å²) in [7, 11) is 1.24. The van der Waals surface area contributed by atoms with Gasteiger partial charge in [-0.25, -0.2) is 9.69 Å². The molecule has 4 heteroatoms. The number of hydrogen-bond acceptors (Lipinski definition) is 3. The molecule has 0 aromatic heterocycles. The maximum absolute atomic E-state index is 11.8. The van der Waals surface area contributed by atoms with Gasteiger partial charge in [-0.1, -0.05) is 36.9 Å². The molecule has 1 rings (SSSR count). The fourth-order valence-corrected chi connectivity index (χ4v) is 1.33. The van der Waals surface area contributed by atoms with Gasteiger partial charge >= 0.3 is 6.09 Å². The number of imide groups is 1. The summed E-state index contributed by atoms with van der Waals surface area (Å²) >= 11 is 0. The highest BCUT2D eigenvalue weighted by Crippen LogP contribution is 2.09. The van der Waals surface area contributed by atoms with Crippen molar-refractivity contribution in [3.05, 3.63) is 48.0 Å². The summed E-state index contributed by atoms with van der Waals surface area (Å²) in [5.74, 6) is -0.430. The Morgan fingerprint density at radius 2 is 1.88 bits per heavy atom. The summed E-state index contributed by atoms with van der Waals surface area (Å²) in [6.07, 6.45) is -0.679. The van der Waals surface area contributed by atoms with Crippen LogP contribution in [0.5, 0.6) is 0 Å². The molecule has 0 aliphatic rings. The molecule has 0 atom stereocenters. The minimum Gasteiger partial charge on any atom is -0.452 e. The topological polar surface area (TPSA) is 46.6 Å². The van der Waals surface area contributed by atoms with Crippen molar-refractivity contribution in [3.63, 3.8) is 0 Å². The van der Waals surface area contributed by atoms with E-state index in [2.05, 4.69) is 11.3 Å². The molecule has 17 heavy (non-hydrogen) atoms. The fraction of sp³-hybridized carbons (Fsp3) is 0.231.